The van der Waals surface area contributed by atoms with Crippen LogP contribution in [-0.2, 0) is 14.4 Å². The average Bonchev–Trinajstić information content (AvgIpc) is 3.19. The summed E-state index contributed by atoms with van der Waals surface area (Å²) in [5.41, 5.74) is 0.194. The van der Waals surface area contributed by atoms with Gasteiger partial charge in [0.05, 0.1) is 6.04 Å². The van der Waals surface area contributed by atoms with E-state index in [0.717, 1.165) is 5.56 Å². The normalized spacial score (nSPS) is 16.7. The second-order valence-corrected chi connectivity index (χ2v) is 5.39. The molecule has 0 heterocycles. The number of carboxylic acids is 1. The average molecular weight is 290 g/mol. The first-order valence-electron chi connectivity index (χ1n) is 6.77. The van der Waals surface area contributed by atoms with Crippen molar-refractivity contribution in [2.75, 3.05) is 5.32 Å². The van der Waals surface area contributed by atoms with Crippen molar-refractivity contribution in [1.82, 2.24) is 5.32 Å². The molecule has 1 aliphatic rings. The molecule has 6 nitrogen and oxygen atoms in total. The van der Waals surface area contributed by atoms with E-state index in [1.54, 1.807) is 25.1 Å². The fourth-order valence-electron chi connectivity index (χ4n) is 2.17. The molecule has 0 saturated heterocycles. The van der Waals surface area contributed by atoms with Gasteiger partial charge in [-0.15, -0.1) is 0 Å². The van der Waals surface area contributed by atoms with Crippen LogP contribution in [0.25, 0.3) is 0 Å². The molecule has 1 unspecified atom stereocenters. The van der Waals surface area contributed by atoms with Gasteiger partial charge in [-0.2, -0.15) is 0 Å². The van der Waals surface area contributed by atoms with E-state index in [1.165, 1.54) is 6.92 Å². The summed E-state index contributed by atoms with van der Waals surface area (Å²) in [4.78, 5) is 34.2. The minimum Gasteiger partial charge on any atom is -0.480 e. The number of nitrogens with one attached hydrogen (secondary N) is 2. The number of hydrogen-bond acceptors (Lipinski definition) is 3. The van der Waals surface area contributed by atoms with Crippen molar-refractivity contribution in [1.29, 1.82) is 0 Å². The number of amides is 2. The predicted octanol–water partition coefficient (Wildman–Crippen LogP) is 1.69. The second-order valence-electron chi connectivity index (χ2n) is 5.39. The molecule has 1 aromatic rings. The third-order valence-corrected chi connectivity index (χ3v) is 3.65. The fraction of sp³-hybridized carbons (Fsp3) is 0.400. The number of carboxylic acid groups (broad SMARTS) is 1. The van der Waals surface area contributed by atoms with Crippen molar-refractivity contribution in [3.8, 4) is 0 Å². The predicted molar refractivity (Wildman–Crippen MR) is 76.6 cm³/mol. The summed E-state index contributed by atoms with van der Waals surface area (Å²) in [6.45, 7) is 3.20. The van der Waals surface area contributed by atoms with Crippen molar-refractivity contribution in [3.05, 3.63) is 29.8 Å². The van der Waals surface area contributed by atoms with Crippen molar-refractivity contribution in [2.45, 2.75) is 32.7 Å². The van der Waals surface area contributed by atoms with Crippen molar-refractivity contribution < 1.29 is 19.5 Å². The zero-order valence-corrected chi connectivity index (χ0v) is 12.0. The minimum atomic E-state index is -1.25. The smallest absolute Gasteiger partial charge is 0.319 e. The van der Waals surface area contributed by atoms with Crippen LogP contribution in [0.4, 0.5) is 5.69 Å². The van der Waals surface area contributed by atoms with Gasteiger partial charge in [0, 0.05) is 12.6 Å². The number of anilines is 1. The molecule has 1 saturated carbocycles. The van der Waals surface area contributed by atoms with Crippen LogP contribution in [0.1, 0.15) is 38.3 Å². The molecule has 112 valence electrons. The zero-order valence-electron chi connectivity index (χ0n) is 12.0. The summed E-state index contributed by atoms with van der Waals surface area (Å²) in [7, 11) is 0. The van der Waals surface area contributed by atoms with Gasteiger partial charge in [-0.3, -0.25) is 14.4 Å². The van der Waals surface area contributed by atoms with Gasteiger partial charge in [0.25, 0.3) is 0 Å². The van der Waals surface area contributed by atoms with Crippen LogP contribution >= 0.6 is 0 Å². The van der Waals surface area contributed by atoms with Crippen LogP contribution in [0.2, 0.25) is 0 Å². The van der Waals surface area contributed by atoms with Gasteiger partial charge in [0.1, 0.15) is 5.41 Å². The fourth-order valence-corrected chi connectivity index (χ4v) is 2.17. The summed E-state index contributed by atoms with van der Waals surface area (Å²) in [6, 6.07) is 6.76. The molecule has 6 heteroatoms. The van der Waals surface area contributed by atoms with Gasteiger partial charge < -0.3 is 15.7 Å². The summed E-state index contributed by atoms with van der Waals surface area (Å²) < 4.78 is 0. The highest BCUT2D eigenvalue weighted by Crippen LogP contribution is 2.46. The molecule has 0 bridgehead atoms. The molecule has 0 spiro atoms. The third-order valence-electron chi connectivity index (χ3n) is 3.65. The van der Waals surface area contributed by atoms with Crippen LogP contribution in [-0.4, -0.2) is 22.9 Å². The highest BCUT2D eigenvalue weighted by molar-refractivity contribution is 6.05. The third kappa shape index (κ3) is 3.21. The van der Waals surface area contributed by atoms with E-state index in [-0.39, 0.29) is 11.9 Å². The Labute approximate surface area is 122 Å². The second kappa shape index (κ2) is 5.55. The molecular formula is C15H18N2O4. The van der Waals surface area contributed by atoms with Gasteiger partial charge in [-0.05, 0) is 37.5 Å². The van der Waals surface area contributed by atoms with Crippen LogP contribution in [0, 0.1) is 5.41 Å². The molecular weight excluding hydrogens is 272 g/mol. The van der Waals surface area contributed by atoms with Crippen LogP contribution in [0.15, 0.2) is 24.3 Å². The molecule has 0 aliphatic heterocycles. The van der Waals surface area contributed by atoms with Gasteiger partial charge in [-0.1, -0.05) is 12.1 Å². The Morgan fingerprint density at radius 1 is 1.29 bits per heavy atom. The molecule has 1 aliphatic carbocycles. The molecule has 1 fully saturated rings. The molecule has 2 amide bonds. The number of hydrogen-bond donors (Lipinski definition) is 3. The first-order chi connectivity index (χ1) is 9.85. The lowest BCUT2D eigenvalue weighted by Crippen LogP contribution is -2.38. The van der Waals surface area contributed by atoms with Crippen molar-refractivity contribution in [3.63, 3.8) is 0 Å². The minimum absolute atomic E-state index is 0.174. The Balaban J connectivity index is 2.07. The monoisotopic (exact) mass is 290 g/mol. The van der Waals surface area contributed by atoms with E-state index in [1.807, 2.05) is 6.07 Å². The summed E-state index contributed by atoms with van der Waals surface area (Å²) in [6.07, 6.45) is 0.764. The maximum Gasteiger partial charge on any atom is 0.319 e. The lowest BCUT2D eigenvalue weighted by atomic mass is 10.0. The highest BCUT2D eigenvalue weighted by Gasteiger charge is 2.57. The lowest BCUT2D eigenvalue weighted by Gasteiger charge is -2.18. The Hall–Kier alpha value is -2.37. The van der Waals surface area contributed by atoms with E-state index in [0.29, 0.717) is 18.5 Å². The Morgan fingerprint density at radius 2 is 1.95 bits per heavy atom. The summed E-state index contributed by atoms with van der Waals surface area (Å²) >= 11 is 0. The van der Waals surface area contributed by atoms with E-state index in [2.05, 4.69) is 10.6 Å². The highest BCUT2D eigenvalue weighted by atomic mass is 16.4. The Kier molecular flexibility index (Phi) is 3.97. The van der Waals surface area contributed by atoms with E-state index in [4.69, 9.17) is 5.11 Å². The molecule has 1 aromatic carbocycles. The van der Waals surface area contributed by atoms with Gasteiger partial charge in [0.2, 0.25) is 11.8 Å². The largest absolute Gasteiger partial charge is 0.480 e. The Morgan fingerprint density at radius 3 is 2.48 bits per heavy atom. The summed E-state index contributed by atoms with van der Waals surface area (Å²) in [5.74, 6) is -1.70. The van der Waals surface area contributed by atoms with Crippen LogP contribution < -0.4 is 10.6 Å². The number of aliphatic carboxylic acids is 1. The molecule has 1 atom stereocenters. The number of carbonyl (C=O) groups excluding carboxylic acids is 2. The molecule has 0 radical (unpaired) electrons. The molecule has 21 heavy (non-hydrogen) atoms. The maximum atomic E-state index is 12.1. The molecule has 0 aromatic heterocycles. The topological polar surface area (TPSA) is 95.5 Å². The number of benzene rings is 1. The van der Waals surface area contributed by atoms with E-state index < -0.39 is 17.3 Å². The first-order valence-corrected chi connectivity index (χ1v) is 6.77. The molecule has 3 N–H and O–H groups in total. The quantitative estimate of drug-likeness (QED) is 0.719. The van der Waals surface area contributed by atoms with Gasteiger partial charge in [-0.25, -0.2) is 0 Å². The van der Waals surface area contributed by atoms with E-state index >= 15 is 0 Å². The van der Waals surface area contributed by atoms with Gasteiger partial charge >= 0.3 is 5.97 Å². The van der Waals surface area contributed by atoms with Crippen LogP contribution in [0.3, 0.4) is 0 Å². The zero-order chi connectivity index (χ0) is 15.6. The van der Waals surface area contributed by atoms with Gasteiger partial charge in [0.15, 0.2) is 0 Å². The van der Waals surface area contributed by atoms with Crippen LogP contribution in [0.5, 0.6) is 0 Å². The SMILES string of the molecule is CC(=O)Nc1cccc(C(C)NC(=O)C2(C(=O)O)CC2)c1. The van der Waals surface area contributed by atoms with Crippen molar-refractivity contribution >= 4 is 23.5 Å². The number of carbonyl (C=O) groups is 3. The van der Waals surface area contributed by atoms with E-state index in [9.17, 15) is 14.4 Å². The first kappa shape index (κ1) is 15.0. The van der Waals surface area contributed by atoms with Crippen molar-refractivity contribution in [2.24, 2.45) is 5.41 Å². The lowest BCUT2D eigenvalue weighted by molar-refractivity contribution is -0.149. The Bertz CT molecular complexity index is 593. The maximum absolute atomic E-state index is 12.1. The summed E-state index contributed by atoms with van der Waals surface area (Å²) in [5, 5.41) is 14.5. The number of rotatable bonds is 5. The standard InChI is InChI=1S/C15H18N2O4/c1-9(16-13(19)15(6-7-15)14(20)21)11-4-3-5-12(8-11)17-10(2)18/h3-5,8-9H,6-7H2,1-2H3,(H,16,19)(H,17,18)(H,20,21). The molecule has 2 rings (SSSR count).